The van der Waals surface area contributed by atoms with Gasteiger partial charge in [-0.05, 0) is 103 Å². The zero-order chi connectivity index (χ0) is 36.7. The number of nitrogens with zero attached hydrogens (tertiary/aromatic N) is 5. The lowest BCUT2D eigenvalue weighted by Crippen LogP contribution is -2.44. The lowest BCUT2D eigenvalue weighted by molar-refractivity contribution is -0.127. The smallest absolute Gasteiger partial charge is 0.414 e. The highest BCUT2D eigenvalue weighted by Crippen LogP contribution is 2.37. The van der Waals surface area contributed by atoms with Gasteiger partial charge in [0.05, 0.1) is 17.2 Å². The van der Waals surface area contributed by atoms with E-state index < -0.39 is 11.5 Å². The molecule has 3 heterocycles. The van der Waals surface area contributed by atoms with Crippen molar-refractivity contribution < 1.29 is 19.1 Å². The van der Waals surface area contributed by atoms with Gasteiger partial charge in [0.1, 0.15) is 6.61 Å². The number of amides is 2. The van der Waals surface area contributed by atoms with Gasteiger partial charge in [0, 0.05) is 60.7 Å². The maximum Gasteiger partial charge on any atom is 0.414 e. The molecular formula is C40H55N7O4. The molecule has 1 saturated carbocycles. The average molecular weight is 698 g/mol. The van der Waals surface area contributed by atoms with E-state index in [1.165, 1.54) is 5.56 Å². The number of hydrogen-bond donors (Lipinski definition) is 2. The Bertz CT molecular complexity index is 1710. The third kappa shape index (κ3) is 9.62. The first-order valence-corrected chi connectivity index (χ1v) is 18.4. The number of aromatic nitrogens is 3. The minimum atomic E-state index is -0.841. The van der Waals surface area contributed by atoms with Crippen molar-refractivity contribution in [3.05, 3.63) is 65.0 Å². The van der Waals surface area contributed by atoms with E-state index in [9.17, 15) is 9.59 Å². The Morgan fingerprint density at radius 3 is 2.47 bits per heavy atom. The van der Waals surface area contributed by atoms with E-state index in [1.807, 2.05) is 52.2 Å². The second-order valence-electron chi connectivity index (χ2n) is 15.2. The van der Waals surface area contributed by atoms with Gasteiger partial charge in [-0.15, -0.1) is 5.10 Å². The van der Waals surface area contributed by atoms with Gasteiger partial charge in [0.25, 0.3) is 5.91 Å². The van der Waals surface area contributed by atoms with Gasteiger partial charge in [-0.3, -0.25) is 25.2 Å². The first kappa shape index (κ1) is 37.7. The van der Waals surface area contributed by atoms with Crippen LogP contribution in [0.4, 0.5) is 4.79 Å². The summed E-state index contributed by atoms with van der Waals surface area (Å²) in [5, 5.41) is 10.8. The molecule has 2 aromatic heterocycles. The molecule has 2 fully saturated rings. The number of carbonyl (C=O) groups is 2. The van der Waals surface area contributed by atoms with Crippen molar-refractivity contribution in [2.75, 3.05) is 26.2 Å². The fourth-order valence-electron chi connectivity index (χ4n) is 6.85. The molecule has 2 aliphatic rings. The minimum absolute atomic E-state index is 0.124. The summed E-state index contributed by atoms with van der Waals surface area (Å²) in [7, 11) is 0. The maximum absolute atomic E-state index is 13.4. The van der Waals surface area contributed by atoms with E-state index >= 15 is 0 Å². The van der Waals surface area contributed by atoms with Crippen molar-refractivity contribution in [2.45, 2.75) is 105 Å². The summed E-state index contributed by atoms with van der Waals surface area (Å²) in [4.78, 5) is 42.1. The number of hydrogen-bond acceptors (Lipinski definition) is 7. The fraction of sp³-hybridized carbons (Fsp3) is 0.550. The molecule has 1 aliphatic carbocycles. The summed E-state index contributed by atoms with van der Waals surface area (Å²) in [6.07, 6.45) is 7.89. The van der Waals surface area contributed by atoms with Crippen LogP contribution in [-0.4, -0.2) is 76.1 Å². The molecular weight excluding hydrogens is 642 g/mol. The SMILES string of the molecule is CCCC1CCC1=NC(=O)C(C)(C)COc1n[nH]c(-c2cc(C)cc(C)c2)c1[C@H](C)CN=C(NC(=O)OC(C)C)N1CCC(c2ccncc2)C1. The van der Waals surface area contributed by atoms with Crippen molar-refractivity contribution in [2.24, 2.45) is 21.3 Å². The number of pyridine rings is 1. The van der Waals surface area contributed by atoms with E-state index in [0.29, 0.717) is 36.8 Å². The fourth-order valence-corrected chi connectivity index (χ4v) is 6.85. The monoisotopic (exact) mass is 697 g/mol. The second kappa shape index (κ2) is 16.7. The summed E-state index contributed by atoms with van der Waals surface area (Å²) < 4.78 is 11.9. The van der Waals surface area contributed by atoms with Gasteiger partial charge < -0.3 is 14.4 Å². The normalized spacial score (nSPS) is 19.3. The van der Waals surface area contributed by atoms with E-state index in [0.717, 1.165) is 72.3 Å². The predicted octanol–water partition coefficient (Wildman–Crippen LogP) is 7.75. The highest BCUT2D eigenvalue weighted by atomic mass is 16.6. The van der Waals surface area contributed by atoms with Crippen LogP contribution in [0.15, 0.2) is 52.7 Å². The molecule has 0 bridgehead atoms. The molecule has 1 aromatic carbocycles. The number of nitrogens with one attached hydrogen (secondary N) is 2. The quantitative estimate of drug-likeness (QED) is 0.146. The summed E-state index contributed by atoms with van der Waals surface area (Å²) in [6, 6.07) is 10.5. The van der Waals surface area contributed by atoms with E-state index in [1.54, 1.807) is 0 Å². The van der Waals surface area contributed by atoms with Crippen molar-refractivity contribution in [1.82, 2.24) is 25.4 Å². The standard InChI is InChI=1S/C40H55N7O4/c1-9-10-30-11-12-33(30)43-37(48)40(7,8)24-50-36-34(35(45-46-36)32-20-26(4)19-27(5)21-32)28(6)22-42-38(44-39(49)51-25(2)3)47-18-15-31(23-47)29-13-16-41-17-14-29/h13-14,16-17,19-21,25,28,30-31H,9-12,15,18,22-24H2,1-8H3,(H,45,46)(H,42,44,49)/t28-,30?,31?/m1/s1. The molecule has 274 valence electrons. The Balaban J connectivity index is 1.41. The summed E-state index contributed by atoms with van der Waals surface area (Å²) >= 11 is 0. The number of ether oxygens (including phenoxy) is 2. The molecule has 11 heteroatoms. The molecule has 11 nitrogen and oxygen atoms in total. The van der Waals surface area contributed by atoms with Gasteiger partial charge in [-0.1, -0.05) is 37.5 Å². The molecule has 2 amide bonds. The Labute approximate surface area is 302 Å². The molecule has 3 aromatic rings. The van der Waals surface area contributed by atoms with Crippen LogP contribution in [0.2, 0.25) is 0 Å². The predicted molar refractivity (Wildman–Crippen MR) is 201 cm³/mol. The molecule has 0 radical (unpaired) electrons. The molecule has 1 saturated heterocycles. The number of carbonyl (C=O) groups excluding carboxylic acids is 2. The Morgan fingerprint density at radius 2 is 1.82 bits per heavy atom. The number of alkyl carbamates (subject to hydrolysis) is 1. The molecule has 0 spiro atoms. The third-order valence-corrected chi connectivity index (χ3v) is 9.76. The number of benzene rings is 1. The van der Waals surface area contributed by atoms with Crippen molar-refractivity contribution in [1.29, 1.82) is 0 Å². The number of aliphatic imine (C=N–C) groups is 2. The van der Waals surface area contributed by atoms with Crippen LogP contribution in [0.5, 0.6) is 5.88 Å². The Kier molecular flexibility index (Phi) is 12.3. The van der Waals surface area contributed by atoms with Gasteiger partial charge in [-0.2, -0.15) is 0 Å². The molecule has 2 unspecified atom stereocenters. The number of H-pyrrole nitrogens is 1. The van der Waals surface area contributed by atoms with E-state index in [-0.39, 0.29) is 24.5 Å². The molecule has 1 aliphatic heterocycles. The number of guanidine groups is 1. The topological polar surface area (TPSA) is 134 Å². The van der Waals surface area contributed by atoms with Gasteiger partial charge >= 0.3 is 6.09 Å². The summed E-state index contributed by atoms with van der Waals surface area (Å²) in [6.45, 7) is 17.7. The van der Waals surface area contributed by atoms with Crippen LogP contribution in [-0.2, 0) is 9.53 Å². The van der Waals surface area contributed by atoms with Crippen molar-refractivity contribution in [3.8, 4) is 17.1 Å². The van der Waals surface area contributed by atoms with E-state index in [2.05, 4.69) is 76.3 Å². The Morgan fingerprint density at radius 1 is 1.10 bits per heavy atom. The van der Waals surface area contributed by atoms with Crippen LogP contribution in [0.3, 0.4) is 0 Å². The number of likely N-dealkylation sites (tertiary alicyclic amines) is 1. The number of aryl methyl sites for hydroxylation is 2. The zero-order valence-electron chi connectivity index (χ0n) is 31.6. The van der Waals surface area contributed by atoms with Crippen molar-refractivity contribution >= 4 is 23.7 Å². The molecule has 5 rings (SSSR count). The highest BCUT2D eigenvalue weighted by molar-refractivity contribution is 6.01. The van der Waals surface area contributed by atoms with Crippen molar-refractivity contribution in [3.63, 3.8) is 0 Å². The van der Waals surface area contributed by atoms with Crippen LogP contribution in [0.25, 0.3) is 11.3 Å². The van der Waals surface area contributed by atoms with Gasteiger partial charge in [-0.25, -0.2) is 9.79 Å². The zero-order valence-corrected chi connectivity index (χ0v) is 31.6. The number of aromatic amines is 1. The van der Waals surface area contributed by atoms with Gasteiger partial charge in [0.2, 0.25) is 11.8 Å². The molecule has 2 N–H and O–H groups in total. The first-order valence-electron chi connectivity index (χ1n) is 18.4. The largest absolute Gasteiger partial charge is 0.475 e. The lowest BCUT2D eigenvalue weighted by atomic mass is 9.79. The summed E-state index contributed by atoms with van der Waals surface area (Å²) in [5.74, 6) is 1.29. The van der Waals surface area contributed by atoms with Crippen LogP contribution in [0.1, 0.15) is 108 Å². The van der Waals surface area contributed by atoms with Gasteiger partial charge in [0.15, 0.2) is 0 Å². The van der Waals surface area contributed by atoms with E-state index in [4.69, 9.17) is 14.5 Å². The first-order chi connectivity index (χ1) is 24.3. The van der Waals surface area contributed by atoms with Crippen LogP contribution >= 0.6 is 0 Å². The van der Waals surface area contributed by atoms with Crippen LogP contribution in [0, 0.1) is 25.2 Å². The molecule has 51 heavy (non-hydrogen) atoms. The Hall–Kier alpha value is -4.54. The summed E-state index contributed by atoms with van der Waals surface area (Å²) in [5.41, 5.74) is 6.35. The average Bonchev–Trinajstić information content (AvgIpc) is 3.74. The van der Waals surface area contributed by atoms with Crippen LogP contribution < -0.4 is 10.1 Å². The highest BCUT2D eigenvalue weighted by Gasteiger charge is 2.34. The maximum atomic E-state index is 13.4. The second-order valence-corrected chi connectivity index (χ2v) is 15.2. The molecule has 3 atom stereocenters. The number of rotatable bonds is 12. The lowest BCUT2D eigenvalue weighted by Gasteiger charge is -2.29. The minimum Gasteiger partial charge on any atom is -0.475 e. The third-order valence-electron chi connectivity index (χ3n) is 9.76.